The summed E-state index contributed by atoms with van der Waals surface area (Å²) >= 11 is 0. The molecule has 0 radical (unpaired) electrons. The van der Waals surface area contributed by atoms with Gasteiger partial charge in [0.05, 0.1) is 0 Å². The lowest BCUT2D eigenvalue weighted by Gasteiger charge is -2.33. The number of piperidine rings is 1. The SMILES string of the molecule is NC(=O)Nc1ccc(NC2CCN(Cc3ccccc3)CC2)cc1. The van der Waals surface area contributed by atoms with Gasteiger partial charge in [-0.1, -0.05) is 30.3 Å². The Hall–Kier alpha value is -2.53. The minimum absolute atomic E-state index is 0.493. The Bertz CT molecular complexity index is 649. The van der Waals surface area contributed by atoms with Gasteiger partial charge < -0.3 is 16.4 Å². The summed E-state index contributed by atoms with van der Waals surface area (Å²) in [5.74, 6) is 0. The number of nitrogens with zero attached hydrogens (tertiary/aromatic N) is 1. The van der Waals surface area contributed by atoms with Gasteiger partial charge in [-0.05, 0) is 42.7 Å². The lowest BCUT2D eigenvalue weighted by atomic mass is 10.0. The third kappa shape index (κ3) is 4.73. The number of rotatable bonds is 5. The highest BCUT2D eigenvalue weighted by Gasteiger charge is 2.19. The Kier molecular flexibility index (Phi) is 5.33. The van der Waals surface area contributed by atoms with Gasteiger partial charge in [0.25, 0.3) is 0 Å². The van der Waals surface area contributed by atoms with Gasteiger partial charge >= 0.3 is 6.03 Å². The molecule has 0 bridgehead atoms. The molecule has 5 nitrogen and oxygen atoms in total. The summed E-state index contributed by atoms with van der Waals surface area (Å²) in [5.41, 5.74) is 8.28. The fourth-order valence-corrected chi connectivity index (χ4v) is 3.10. The number of nitrogens with one attached hydrogen (secondary N) is 2. The number of carbonyl (C=O) groups excluding carboxylic acids is 1. The van der Waals surface area contributed by atoms with Crippen molar-refractivity contribution in [2.75, 3.05) is 23.7 Å². The maximum absolute atomic E-state index is 10.8. The lowest BCUT2D eigenvalue weighted by Crippen LogP contribution is -2.38. The van der Waals surface area contributed by atoms with Crippen molar-refractivity contribution in [3.63, 3.8) is 0 Å². The molecule has 1 saturated heterocycles. The monoisotopic (exact) mass is 324 g/mol. The minimum Gasteiger partial charge on any atom is -0.382 e. The Morgan fingerprint density at radius 1 is 1.00 bits per heavy atom. The van der Waals surface area contributed by atoms with Crippen molar-refractivity contribution in [2.45, 2.75) is 25.4 Å². The first kappa shape index (κ1) is 16.3. The second-order valence-electron chi connectivity index (χ2n) is 6.25. The maximum atomic E-state index is 10.8. The molecule has 0 unspecified atom stereocenters. The number of hydrogen-bond donors (Lipinski definition) is 3. The molecule has 1 aliphatic rings. The second-order valence-corrected chi connectivity index (χ2v) is 6.25. The third-order valence-electron chi connectivity index (χ3n) is 4.36. The van der Waals surface area contributed by atoms with Crippen LogP contribution in [0.2, 0.25) is 0 Å². The van der Waals surface area contributed by atoms with E-state index in [2.05, 4.69) is 45.9 Å². The van der Waals surface area contributed by atoms with Crippen molar-refractivity contribution in [3.05, 3.63) is 60.2 Å². The number of carbonyl (C=O) groups is 1. The average Bonchev–Trinajstić information content (AvgIpc) is 2.59. The Labute approximate surface area is 142 Å². The van der Waals surface area contributed by atoms with Crippen molar-refractivity contribution in [1.29, 1.82) is 0 Å². The highest BCUT2D eigenvalue weighted by atomic mass is 16.2. The van der Waals surface area contributed by atoms with Crippen LogP contribution in [0.4, 0.5) is 16.2 Å². The van der Waals surface area contributed by atoms with Crippen LogP contribution in [0.3, 0.4) is 0 Å². The largest absolute Gasteiger partial charge is 0.382 e. The highest BCUT2D eigenvalue weighted by molar-refractivity contribution is 5.87. The molecule has 2 aromatic carbocycles. The Morgan fingerprint density at radius 2 is 1.62 bits per heavy atom. The Morgan fingerprint density at radius 3 is 2.25 bits per heavy atom. The first-order valence-electron chi connectivity index (χ1n) is 8.38. The Balaban J connectivity index is 1.46. The van der Waals surface area contributed by atoms with Gasteiger partial charge in [-0.15, -0.1) is 0 Å². The van der Waals surface area contributed by atoms with Crippen LogP contribution in [0.5, 0.6) is 0 Å². The molecule has 0 atom stereocenters. The van der Waals surface area contributed by atoms with Crippen LogP contribution in [0.25, 0.3) is 0 Å². The first-order valence-corrected chi connectivity index (χ1v) is 8.38. The molecule has 24 heavy (non-hydrogen) atoms. The van der Waals surface area contributed by atoms with Gasteiger partial charge in [0.15, 0.2) is 0 Å². The topological polar surface area (TPSA) is 70.4 Å². The van der Waals surface area contributed by atoms with Crippen LogP contribution in [0.1, 0.15) is 18.4 Å². The molecule has 0 aromatic heterocycles. The molecule has 1 heterocycles. The van der Waals surface area contributed by atoms with E-state index in [1.165, 1.54) is 5.56 Å². The van der Waals surface area contributed by atoms with Crippen LogP contribution < -0.4 is 16.4 Å². The number of benzene rings is 2. The fourth-order valence-electron chi connectivity index (χ4n) is 3.10. The first-order chi connectivity index (χ1) is 11.7. The molecule has 3 rings (SSSR count). The van der Waals surface area contributed by atoms with Crippen molar-refractivity contribution in [1.82, 2.24) is 4.90 Å². The predicted molar refractivity (Wildman–Crippen MR) is 98.0 cm³/mol. The van der Waals surface area contributed by atoms with E-state index in [1.807, 2.05) is 24.3 Å². The fraction of sp³-hybridized carbons (Fsp3) is 0.316. The summed E-state index contributed by atoms with van der Waals surface area (Å²) in [6.07, 6.45) is 2.27. The van der Waals surface area contributed by atoms with Crippen molar-refractivity contribution < 1.29 is 4.79 Å². The molecule has 2 aromatic rings. The van der Waals surface area contributed by atoms with Crippen molar-refractivity contribution in [2.24, 2.45) is 5.73 Å². The van der Waals surface area contributed by atoms with Gasteiger partial charge in [-0.25, -0.2) is 4.79 Å². The molecule has 5 heteroatoms. The standard InChI is InChI=1S/C19H24N4O/c20-19(24)22-17-8-6-16(7-9-17)21-18-10-12-23(13-11-18)14-15-4-2-1-3-5-15/h1-9,18,21H,10-14H2,(H3,20,22,24). The second kappa shape index (κ2) is 7.84. The maximum Gasteiger partial charge on any atom is 0.316 e. The smallest absolute Gasteiger partial charge is 0.316 e. The summed E-state index contributed by atoms with van der Waals surface area (Å²) in [6, 6.07) is 18.2. The average molecular weight is 324 g/mol. The van der Waals surface area contributed by atoms with Crippen LogP contribution in [-0.2, 0) is 6.54 Å². The zero-order valence-corrected chi connectivity index (χ0v) is 13.7. The van der Waals surface area contributed by atoms with Crippen molar-refractivity contribution in [3.8, 4) is 0 Å². The molecular weight excluding hydrogens is 300 g/mol. The van der Waals surface area contributed by atoms with E-state index >= 15 is 0 Å². The van der Waals surface area contributed by atoms with Gasteiger partial charge in [0.2, 0.25) is 0 Å². The van der Waals surface area contributed by atoms with Gasteiger partial charge in [-0.2, -0.15) is 0 Å². The molecule has 1 aliphatic heterocycles. The van der Waals surface area contributed by atoms with Crippen molar-refractivity contribution >= 4 is 17.4 Å². The van der Waals surface area contributed by atoms with Crippen LogP contribution >= 0.6 is 0 Å². The number of amides is 2. The van der Waals surface area contributed by atoms with E-state index in [1.54, 1.807) is 0 Å². The molecule has 0 saturated carbocycles. The van der Waals surface area contributed by atoms with Crippen LogP contribution in [0.15, 0.2) is 54.6 Å². The summed E-state index contributed by atoms with van der Waals surface area (Å²) in [4.78, 5) is 13.3. The number of nitrogens with two attached hydrogens (primary N) is 1. The number of anilines is 2. The molecule has 4 N–H and O–H groups in total. The number of primary amides is 1. The van der Waals surface area contributed by atoms with E-state index in [0.29, 0.717) is 11.7 Å². The summed E-state index contributed by atoms with van der Waals surface area (Å²) < 4.78 is 0. The molecule has 126 valence electrons. The molecule has 2 amide bonds. The zero-order chi connectivity index (χ0) is 16.8. The number of hydrogen-bond acceptors (Lipinski definition) is 3. The van der Waals surface area contributed by atoms with E-state index < -0.39 is 6.03 Å². The van der Waals surface area contributed by atoms with Crippen LogP contribution in [-0.4, -0.2) is 30.1 Å². The molecule has 0 aliphatic carbocycles. The van der Waals surface area contributed by atoms with E-state index in [9.17, 15) is 4.79 Å². The van der Waals surface area contributed by atoms with E-state index in [0.717, 1.165) is 38.2 Å². The van der Waals surface area contributed by atoms with Gasteiger partial charge in [0.1, 0.15) is 0 Å². The van der Waals surface area contributed by atoms with E-state index in [-0.39, 0.29) is 0 Å². The van der Waals surface area contributed by atoms with E-state index in [4.69, 9.17) is 5.73 Å². The highest BCUT2D eigenvalue weighted by Crippen LogP contribution is 2.19. The molecule has 1 fully saturated rings. The van der Waals surface area contributed by atoms with Gasteiger partial charge in [0, 0.05) is 37.1 Å². The van der Waals surface area contributed by atoms with Gasteiger partial charge in [-0.3, -0.25) is 4.90 Å². The normalized spacial score (nSPS) is 15.8. The third-order valence-corrected chi connectivity index (χ3v) is 4.36. The molecular formula is C19H24N4O. The number of likely N-dealkylation sites (tertiary alicyclic amines) is 1. The zero-order valence-electron chi connectivity index (χ0n) is 13.7. The quantitative estimate of drug-likeness (QED) is 0.790. The molecule has 0 spiro atoms. The van der Waals surface area contributed by atoms with Crippen LogP contribution in [0, 0.1) is 0 Å². The lowest BCUT2D eigenvalue weighted by molar-refractivity contribution is 0.211. The number of urea groups is 1. The minimum atomic E-state index is -0.540. The summed E-state index contributed by atoms with van der Waals surface area (Å²) in [5, 5.41) is 6.14. The predicted octanol–water partition coefficient (Wildman–Crippen LogP) is 3.25. The summed E-state index contributed by atoms with van der Waals surface area (Å²) in [7, 11) is 0. The summed E-state index contributed by atoms with van der Waals surface area (Å²) in [6.45, 7) is 3.24.